The zero-order chi connectivity index (χ0) is 21.1. The predicted molar refractivity (Wildman–Crippen MR) is 106 cm³/mol. The molecule has 0 aliphatic heterocycles. The molecule has 0 spiro atoms. The van der Waals surface area contributed by atoms with E-state index in [-0.39, 0.29) is 22.4 Å². The largest absolute Gasteiger partial charge is 0.449 e. The molecule has 3 atom stereocenters. The van der Waals surface area contributed by atoms with E-state index >= 15 is 0 Å². The van der Waals surface area contributed by atoms with Crippen molar-refractivity contribution < 1.29 is 22.7 Å². The minimum atomic E-state index is -3.67. The van der Waals surface area contributed by atoms with Crippen LogP contribution < -0.4 is 5.32 Å². The maximum atomic E-state index is 12.6. The van der Waals surface area contributed by atoms with Crippen LogP contribution in [-0.4, -0.2) is 50.8 Å². The van der Waals surface area contributed by atoms with Crippen molar-refractivity contribution in [1.29, 1.82) is 0 Å². The SMILES string of the molecule is Cc1ccc(S(=O)(=O)N(C)C)cc1C(=O)O[C@@H](C)C(=O)N[C@H]1CCCC[C@@H]1C. The van der Waals surface area contributed by atoms with Crippen LogP contribution in [0.5, 0.6) is 0 Å². The number of sulfonamides is 1. The Hall–Kier alpha value is -1.93. The average molecular weight is 411 g/mol. The zero-order valence-corrected chi connectivity index (χ0v) is 18.0. The van der Waals surface area contributed by atoms with Crippen LogP contribution in [0.2, 0.25) is 0 Å². The minimum absolute atomic E-state index is 0.00295. The summed E-state index contributed by atoms with van der Waals surface area (Å²) < 4.78 is 31.0. The third-order valence-corrected chi connectivity index (χ3v) is 7.11. The summed E-state index contributed by atoms with van der Waals surface area (Å²) in [5.74, 6) is -0.648. The first-order valence-corrected chi connectivity index (χ1v) is 11.0. The summed E-state index contributed by atoms with van der Waals surface area (Å²) in [6, 6.07) is 4.39. The Kier molecular flexibility index (Phi) is 7.22. The van der Waals surface area contributed by atoms with E-state index in [2.05, 4.69) is 12.2 Å². The van der Waals surface area contributed by atoms with Crippen molar-refractivity contribution in [3.05, 3.63) is 29.3 Å². The van der Waals surface area contributed by atoms with Crippen LogP contribution in [0.4, 0.5) is 0 Å². The van der Waals surface area contributed by atoms with Crippen molar-refractivity contribution >= 4 is 21.9 Å². The molecule has 1 aliphatic carbocycles. The first-order valence-electron chi connectivity index (χ1n) is 9.58. The van der Waals surface area contributed by atoms with Gasteiger partial charge in [0.25, 0.3) is 5.91 Å². The van der Waals surface area contributed by atoms with Gasteiger partial charge in [-0.2, -0.15) is 0 Å². The number of amides is 1. The molecule has 1 aromatic rings. The van der Waals surface area contributed by atoms with Crippen molar-refractivity contribution in [3.8, 4) is 0 Å². The van der Waals surface area contributed by atoms with Crippen LogP contribution in [0.3, 0.4) is 0 Å². The number of hydrogen-bond acceptors (Lipinski definition) is 5. The number of nitrogens with one attached hydrogen (secondary N) is 1. The van der Waals surface area contributed by atoms with Gasteiger partial charge in [-0.05, 0) is 50.3 Å². The number of benzene rings is 1. The molecule has 0 bridgehead atoms. The average Bonchev–Trinajstić information content (AvgIpc) is 2.63. The number of aryl methyl sites for hydroxylation is 1. The van der Waals surface area contributed by atoms with Gasteiger partial charge in [-0.3, -0.25) is 4.79 Å². The highest BCUT2D eigenvalue weighted by molar-refractivity contribution is 7.89. The summed E-state index contributed by atoms with van der Waals surface area (Å²) in [4.78, 5) is 25.0. The van der Waals surface area contributed by atoms with E-state index in [4.69, 9.17) is 4.74 Å². The Morgan fingerprint density at radius 2 is 1.86 bits per heavy atom. The summed E-state index contributed by atoms with van der Waals surface area (Å²) >= 11 is 0. The molecule has 0 aromatic heterocycles. The number of carbonyl (C=O) groups excluding carboxylic acids is 2. The highest BCUT2D eigenvalue weighted by Gasteiger charge is 2.27. The number of carbonyl (C=O) groups is 2. The molecule has 1 saturated carbocycles. The van der Waals surface area contributed by atoms with Gasteiger partial charge in [-0.15, -0.1) is 0 Å². The number of hydrogen-bond donors (Lipinski definition) is 1. The maximum absolute atomic E-state index is 12.6. The fraction of sp³-hybridized carbons (Fsp3) is 0.600. The van der Waals surface area contributed by atoms with Gasteiger partial charge in [0.15, 0.2) is 6.10 Å². The van der Waals surface area contributed by atoms with Crippen LogP contribution in [0.15, 0.2) is 23.1 Å². The van der Waals surface area contributed by atoms with Gasteiger partial charge in [0, 0.05) is 20.1 Å². The number of rotatable bonds is 6. The topological polar surface area (TPSA) is 92.8 Å². The van der Waals surface area contributed by atoms with Crippen molar-refractivity contribution in [2.75, 3.05) is 14.1 Å². The summed E-state index contributed by atoms with van der Waals surface area (Å²) in [5.41, 5.74) is 0.713. The Morgan fingerprint density at radius 1 is 1.21 bits per heavy atom. The van der Waals surface area contributed by atoms with Crippen molar-refractivity contribution in [2.24, 2.45) is 5.92 Å². The third-order valence-electron chi connectivity index (χ3n) is 5.30. The van der Waals surface area contributed by atoms with Gasteiger partial charge < -0.3 is 10.1 Å². The molecule has 28 heavy (non-hydrogen) atoms. The van der Waals surface area contributed by atoms with Crippen molar-refractivity contribution in [2.45, 2.75) is 63.5 Å². The molecule has 2 rings (SSSR count). The van der Waals surface area contributed by atoms with Gasteiger partial charge in [-0.25, -0.2) is 17.5 Å². The highest BCUT2D eigenvalue weighted by Crippen LogP contribution is 2.24. The molecule has 1 aliphatic rings. The molecule has 1 N–H and O–H groups in total. The fourth-order valence-corrected chi connectivity index (χ4v) is 4.23. The second-order valence-electron chi connectivity index (χ2n) is 7.69. The van der Waals surface area contributed by atoms with Gasteiger partial charge in [0.1, 0.15) is 0 Å². The molecule has 1 fully saturated rings. The lowest BCUT2D eigenvalue weighted by atomic mass is 9.86. The molecular weight excluding hydrogens is 380 g/mol. The lowest BCUT2D eigenvalue weighted by Crippen LogP contribution is -2.46. The van der Waals surface area contributed by atoms with E-state index in [1.807, 2.05) is 0 Å². The molecule has 8 heteroatoms. The first-order chi connectivity index (χ1) is 13.0. The van der Waals surface area contributed by atoms with E-state index < -0.39 is 22.1 Å². The number of nitrogens with zero attached hydrogens (tertiary/aromatic N) is 1. The fourth-order valence-electron chi connectivity index (χ4n) is 3.30. The second kappa shape index (κ2) is 9.05. The lowest BCUT2D eigenvalue weighted by molar-refractivity contribution is -0.130. The summed E-state index contributed by atoms with van der Waals surface area (Å²) in [7, 11) is -0.829. The highest BCUT2D eigenvalue weighted by atomic mass is 32.2. The summed E-state index contributed by atoms with van der Waals surface area (Å²) in [6.07, 6.45) is 3.29. The van der Waals surface area contributed by atoms with Crippen molar-refractivity contribution in [1.82, 2.24) is 9.62 Å². The monoisotopic (exact) mass is 410 g/mol. The first kappa shape index (κ1) is 22.4. The molecule has 1 amide bonds. The van der Waals surface area contributed by atoms with Crippen molar-refractivity contribution in [3.63, 3.8) is 0 Å². The quantitative estimate of drug-likeness (QED) is 0.728. The van der Waals surface area contributed by atoms with E-state index in [0.29, 0.717) is 11.5 Å². The van der Waals surface area contributed by atoms with Gasteiger partial charge >= 0.3 is 5.97 Å². The van der Waals surface area contributed by atoms with Crippen LogP contribution >= 0.6 is 0 Å². The van der Waals surface area contributed by atoms with E-state index in [1.54, 1.807) is 13.0 Å². The number of ether oxygens (including phenoxy) is 1. The lowest BCUT2D eigenvalue weighted by Gasteiger charge is -2.30. The minimum Gasteiger partial charge on any atom is -0.449 e. The molecule has 0 unspecified atom stereocenters. The Morgan fingerprint density at radius 3 is 2.46 bits per heavy atom. The smallest absolute Gasteiger partial charge is 0.339 e. The standard InChI is InChI=1S/C20H30N2O5S/c1-13-10-11-16(28(25,26)22(4)5)12-17(13)20(24)27-15(3)19(23)21-18-9-7-6-8-14(18)2/h10-12,14-15,18H,6-9H2,1-5H3,(H,21,23)/t14-,15-,18-/m0/s1. The van der Waals surface area contributed by atoms with E-state index in [1.165, 1.54) is 39.6 Å². The Labute approximate surface area is 167 Å². The predicted octanol–water partition coefficient (Wildman–Crippen LogP) is 2.49. The van der Waals surface area contributed by atoms with E-state index in [0.717, 1.165) is 23.6 Å². The number of esters is 1. The molecule has 0 heterocycles. The molecule has 1 aromatic carbocycles. The normalized spacial score (nSPS) is 21.2. The van der Waals surface area contributed by atoms with E-state index in [9.17, 15) is 18.0 Å². The van der Waals surface area contributed by atoms with Gasteiger partial charge in [0.05, 0.1) is 10.5 Å². The Balaban J connectivity index is 2.10. The van der Waals surface area contributed by atoms with Crippen LogP contribution in [0.25, 0.3) is 0 Å². The van der Waals surface area contributed by atoms with Crippen LogP contribution in [-0.2, 0) is 19.6 Å². The van der Waals surface area contributed by atoms with Gasteiger partial charge in [-0.1, -0.05) is 25.8 Å². The second-order valence-corrected chi connectivity index (χ2v) is 9.84. The molecular formula is C20H30N2O5S. The molecule has 0 radical (unpaired) electrons. The third kappa shape index (κ3) is 5.11. The Bertz CT molecular complexity index is 835. The molecule has 156 valence electrons. The van der Waals surface area contributed by atoms with Gasteiger partial charge in [0.2, 0.25) is 10.0 Å². The van der Waals surface area contributed by atoms with Crippen LogP contribution in [0, 0.1) is 12.8 Å². The van der Waals surface area contributed by atoms with Crippen LogP contribution in [0.1, 0.15) is 55.5 Å². The molecule has 0 saturated heterocycles. The zero-order valence-electron chi connectivity index (χ0n) is 17.2. The summed E-state index contributed by atoms with van der Waals surface area (Å²) in [6.45, 7) is 5.33. The summed E-state index contributed by atoms with van der Waals surface area (Å²) in [5, 5.41) is 2.97. The maximum Gasteiger partial charge on any atom is 0.339 e. The molecule has 7 nitrogen and oxygen atoms in total.